The Bertz CT molecular complexity index is 1200. The number of hydrogen-bond acceptors (Lipinski definition) is 8. The zero-order chi connectivity index (χ0) is 24.1. The van der Waals surface area contributed by atoms with Crippen LogP contribution in [0.25, 0.3) is 0 Å². The Kier molecular flexibility index (Phi) is 7.10. The fourth-order valence-electron chi connectivity index (χ4n) is 3.87. The summed E-state index contributed by atoms with van der Waals surface area (Å²) in [6, 6.07) is 13.2. The molecule has 0 saturated carbocycles. The Labute approximate surface area is 198 Å². The summed E-state index contributed by atoms with van der Waals surface area (Å²) in [6.07, 6.45) is 0.730. The van der Waals surface area contributed by atoms with Gasteiger partial charge in [0.05, 0.1) is 18.8 Å². The van der Waals surface area contributed by atoms with Gasteiger partial charge in [0.2, 0.25) is 5.95 Å². The monoisotopic (exact) mass is 463 g/mol. The summed E-state index contributed by atoms with van der Waals surface area (Å²) in [6.45, 7) is 8.96. The van der Waals surface area contributed by atoms with Crippen LogP contribution in [0.5, 0.6) is 11.5 Å². The van der Waals surface area contributed by atoms with E-state index in [1.165, 1.54) is 0 Å². The number of carbonyl (C=O) groups excluding carboxylic acids is 1. The number of aryl methyl sites for hydroxylation is 1. The second-order valence-electron chi connectivity index (χ2n) is 8.00. The number of nitrogens with zero attached hydrogens (tertiary/aromatic N) is 4. The van der Waals surface area contributed by atoms with Crippen LogP contribution in [0.4, 0.5) is 5.95 Å². The zero-order valence-corrected chi connectivity index (χ0v) is 19.9. The number of carbonyl (C=O) groups is 1. The third kappa shape index (κ3) is 4.73. The maximum atomic E-state index is 13.0. The molecule has 2 aromatic carbocycles. The summed E-state index contributed by atoms with van der Waals surface area (Å²) in [4.78, 5) is 13.0. The molecule has 9 nitrogen and oxygen atoms in total. The van der Waals surface area contributed by atoms with Gasteiger partial charge in [0.25, 0.3) is 0 Å². The molecule has 1 atom stereocenters. The van der Waals surface area contributed by atoms with E-state index in [4.69, 9.17) is 14.2 Å². The SMILES string of the molecule is CCCOC(=O)C1=C(C)Nc2nnnn2C1c1ccc(OCc2ccccc2C)c(OCC)c1. The van der Waals surface area contributed by atoms with Crippen LogP contribution in [0.15, 0.2) is 53.7 Å². The number of nitrogens with one attached hydrogen (secondary N) is 1. The van der Waals surface area contributed by atoms with Gasteiger partial charge >= 0.3 is 5.97 Å². The zero-order valence-electron chi connectivity index (χ0n) is 19.9. The van der Waals surface area contributed by atoms with Crippen molar-refractivity contribution in [1.29, 1.82) is 0 Å². The van der Waals surface area contributed by atoms with Crippen LogP contribution in [0.2, 0.25) is 0 Å². The average Bonchev–Trinajstić information content (AvgIpc) is 3.30. The van der Waals surface area contributed by atoms with Crippen molar-refractivity contribution in [2.45, 2.75) is 46.8 Å². The molecule has 9 heteroatoms. The van der Waals surface area contributed by atoms with Crippen LogP contribution >= 0.6 is 0 Å². The molecule has 0 fully saturated rings. The fourth-order valence-corrected chi connectivity index (χ4v) is 3.87. The minimum atomic E-state index is -0.569. The van der Waals surface area contributed by atoms with Crippen molar-refractivity contribution < 1.29 is 19.0 Å². The predicted octanol–water partition coefficient (Wildman–Crippen LogP) is 4.20. The lowest BCUT2D eigenvalue weighted by Gasteiger charge is -2.28. The number of rotatable bonds is 9. The summed E-state index contributed by atoms with van der Waals surface area (Å²) in [5.74, 6) is 1.25. The number of hydrogen-bond donors (Lipinski definition) is 1. The average molecular weight is 464 g/mol. The Morgan fingerprint density at radius 2 is 1.91 bits per heavy atom. The van der Waals surface area contributed by atoms with Crippen molar-refractivity contribution in [3.05, 3.63) is 70.4 Å². The Hall–Kier alpha value is -3.88. The van der Waals surface area contributed by atoms with Crippen LogP contribution in [-0.4, -0.2) is 39.4 Å². The van der Waals surface area contributed by atoms with Gasteiger partial charge in [0.1, 0.15) is 12.6 Å². The van der Waals surface area contributed by atoms with Gasteiger partial charge in [-0.05, 0) is 66.4 Å². The molecular weight excluding hydrogens is 434 g/mol. The largest absolute Gasteiger partial charge is 0.490 e. The molecule has 1 aromatic heterocycles. The van der Waals surface area contributed by atoms with E-state index in [1.807, 2.05) is 57.2 Å². The number of ether oxygens (including phenoxy) is 3. The summed E-state index contributed by atoms with van der Waals surface area (Å²) in [5, 5.41) is 15.0. The van der Waals surface area contributed by atoms with Crippen molar-refractivity contribution in [3.8, 4) is 11.5 Å². The van der Waals surface area contributed by atoms with Gasteiger partial charge in [-0.15, -0.1) is 0 Å². The molecular formula is C25H29N5O4. The first-order valence-electron chi connectivity index (χ1n) is 11.4. The number of tetrazole rings is 1. The van der Waals surface area contributed by atoms with Gasteiger partial charge in [0, 0.05) is 5.70 Å². The topological polar surface area (TPSA) is 100 Å². The van der Waals surface area contributed by atoms with E-state index in [0.717, 1.165) is 23.1 Å². The molecule has 0 bridgehead atoms. The molecule has 4 rings (SSSR count). The van der Waals surface area contributed by atoms with Crippen LogP contribution in [0.3, 0.4) is 0 Å². The van der Waals surface area contributed by atoms with Gasteiger partial charge in [-0.1, -0.05) is 42.4 Å². The quantitative estimate of drug-likeness (QED) is 0.471. The summed E-state index contributed by atoms with van der Waals surface area (Å²) >= 11 is 0. The highest BCUT2D eigenvalue weighted by molar-refractivity contribution is 5.92. The maximum Gasteiger partial charge on any atom is 0.338 e. The minimum absolute atomic E-state index is 0.334. The molecule has 0 aliphatic carbocycles. The number of benzene rings is 2. The van der Waals surface area contributed by atoms with Gasteiger partial charge in [-0.2, -0.15) is 4.68 Å². The highest BCUT2D eigenvalue weighted by atomic mass is 16.5. The van der Waals surface area contributed by atoms with Gasteiger partial charge in [-0.3, -0.25) is 0 Å². The Balaban J connectivity index is 1.69. The molecule has 2 heterocycles. The lowest BCUT2D eigenvalue weighted by Crippen LogP contribution is -2.29. The van der Waals surface area contributed by atoms with E-state index in [9.17, 15) is 4.79 Å². The molecule has 1 unspecified atom stereocenters. The first-order chi connectivity index (χ1) is 16.5. The normalized spacial score (nSPS) is 14.9. The van der Waals surface area contributed by atoms with E-state index in [-0.39, 0.29) is 0 Å². The molecule has 34 heavy (non-hydrogen) atoms. The van der Waals surface area contributed by atoms with Crippen LogP contribution in [-0.2, 0) is 16.1 Å². The highest BCUT2D eigenvalue weighted by Crippen LogP contribution is 2.39. The number of esters is 1. The second-order valence-corrected chi connectivity index (χ2v) is 8.00. The van der Waals surface area contributed by atoms with Gasteiger partial charge in [0.15, 0.2) is 11.5 Å². The molecule has 0 saturated heterocycles. The van der Waals surface area contributed by atoms with Crippen molar-refractivity contribution in [2.75, 3.05) is 18.5 Å². The predicted molar refractivity (Wildman–Crippen MR) is 127 cm³/mol. The standard InChI is InChI=1S/C25H29N5O4/c1-5-13-33-24(31)22-17(4)26-25-27-28-29-30(25)23(22)18-11-12-20(21(14-18)32-6-2)34-15-19-10-8-7-9-16(19)3/h7-12,14,23H,5-6,13,15H2,1-4H3,(H,26,27,29). The second kappa shape index (κ2) is 10.4. The lowest BCUT2D eigenvalue weighted by molar-refractivity contribution is -0.139. The van der Waals surface area contributed by atoms with Crippen molar-refractivity contribution >= 4 is 11.9 Å². The third-order valence-electron chi connectivity index (χ3n) is 5.60. The van der Waals surface area contributed by atoms with Crippen LogP contribution < -0.4 is 14.8 Å². The first kappa shape index (κ1) is 23.3. The highest BCUT2D eigenvalue weighted by Gasteiger charge is 2.35. The first-order valence-corrected chi connectivity index (χ1v) is 11.4. The molecule has 1 aliphatic heterocycles. The summed E-state index contributed by atoms with van der Waals surface area (Å²) in [7, 11) is 0. The summed E-state index contributed by atoms with van der Waals surface area (Å²) in [5.41, 5.74) is 4.14. The maximum absolute atomic E-state index is 13.0. The smallest absolute Gasteiger partial charge is 0.338 e. The lowest BCUT2D eigenvalue weighted by atomic mass is 9.95. The molecule has 3 aromatic rings. The number of fused-ring (bicyclic) bond motifs is 1. The van der Waals surface area contributed by atoms with E-state index < -0.39 is 12.0 Å². The number of anilines is 1. The molecule has 0 spiro atoms. The molecule has 1 aliphatic rings. The molecule has 178 valence electrons. The van der Waals surface area contributed by atoms with Crippen molar-refractivity contribution in [3.63, 3.8) is 0 Å². The Morgan fingerprint density at radius 3 is 2.68 bits per heavy atom. The van der Waals surface area contributed by atoms with E-state index >= 15 is 0 Å². The van der Waals surface area contributed by atoms with E-state index in [2.05, 4.69) is 33.8 Å². The molecule has 0 amide bonds. The fraction of sp³-hybridized carbons (Fsp3) is 0.360. The Morgan fingerprint density at radius 1 is 1.09 bits per heavy atom. The summed E-state index contributed by atoms with van der Waals surface area (Å²) < 4.78 is 19.1. The van der Waals surface area contributed by atoms with Crippen molar-refractivity contribution in [1.82, 2.24) is 20.2 Å². The molecule has 1 N–H and O–H groups in total. The third-order valence-corrected chi connectivity index (χ3v) is 5.60. The van der Waals surface area contributed by atoms with E-state index in [1.54, 1.807) is 4.68 Å². The van der Waals surface area contributed by atoms with Gasteiger partial charge < -0.3 is 19.5 Å². The minimum Gasteiger partial charge on any atom is -0.490 e. The van der Waals surface area contributed by atoms with Gasteiger partial charge in [-0.25, -0.2) is 4.79 Å². The number of aromatic nitrogens is 4. The van der Waals surface area contributed by atoms with Crippen LogP contribution in [0, 0.1) is 6.92 Å². The van der Waals surface area contributed by atoms with E-state index in [0.29, 0.717) is 48.5 Å². The van der Waals surface area contributed by atoms with Crippen molar-refractivity contribution in [2.24, 2.45) is 0 Å². The van der Waals surface area contributed by atoms with Crippen LogP contribution in [0.1, 0.15) is 49.9 Å². The number of allylic oxidation sites excluding steroid dienone is 1. The molecule has 0 radical (unpaired) electrons.